The Hall–Kier alpha value is -4.15. The molecule has 1 N–H and O–H groups in total. The van der Waals surface area contributed by atoms with Gasteiger partial charge in [0.2, 0.25) is 5.91 Å². The Balaban J connectivity index is 1.55. The van der Waals surface area contributed by atoms with Crippen molar-refractivity contribution in [1.29, 1.82) is 0 Å². The first-order chi connectivity index (χ1) is 14.3. The number of carbonyl (C=O) groups excluding carboxylic acids is 1. The molecule has 0 unspecified atom stereocenters. The minimum absolute atomic E-state index is 0.0229. The summed E-state index contributed by atoms with van der Waals surface area (Å²) in [6.07, 6.45) is -0.0354. The van der Waals surface area contributed by atoms with Crippen molar-refractivity contribution in [2.24, 2.45) is 0 Å². The molecule has 0 aliphatic heterocycles. The maximum Gasteiger partial charge on any atom is 0.269 e. The molecule has 1 aromatic carbocycles. The number of hydrogen-bond donors (Lipinski definition) is 1. The number of non-ortho nitro benzene ring substituents is 1. The first-order valence-electron chi connectivity index (χ1n) is 9.11. The van der Waals surface area contributed by atoms with E-state index >= 15 is 0 Å². The van der Waals surface area contributed by atoms with Crippen LogP contribution in [0, 0.1) is 30.9 Å². The highest BCUT2D eigenvalue weighted by Crippen LogP contribution is 2.20. The number of benzene rings is 1. The molecule has 0 radical (unpaired) electrons. The van der Waals surface area contributed by atoms with Crippen LogP contribution in [0.15, 0.2) is 36.4 Å². The zero-order valence-electron chi connectivity index (χ0n) is 16.5. The van der Waals surface area contributed by atoms with Gasteiger partial charge in [-0.2, -0.15) is 10.1 Å². The van der Waals surface area contributed by atoms with Gasteiger partial charge >= 0.3 is 0 Å². The minimum Gasteiger partial charge on any atom is -0.310 e. The number of hydrogen-bond acceptors (Lipinski definition) is 7. The molecule has 0 bridgehead atoms. The number of nitro groups is 1. The second kappa shape index (κ2) is 7.35. The van der Waals surface area contributed by atoms with E-state index in [1.165, 1.54) is 16.8 Å². The molecule has 0 saturated carbocycles. The number of fused-ring (bicyclic) bond motifs is 1. The molecule has 0 aliphatic carbocycles. The molecule has 4 rings (SSSR count). The van der Waals surface area contributed by atoms with Gasteiger partial charge in [0.15, 0.2) is 5.82 Å². The van der Waals surface area contributed by atoms with Crippen molar-refractivity contribution in [2.75, 3.05) is 5.32 Å². The fraction of sp³-hybridized carbons (Fsp3) is 0.211. The Morgan fingerprint density at radius 2 is 1.80 bits per heavy atom. The summed E-state index contributed by atoms with van der Waals surface area (Å²) in [4.78, 5) is 31.6. The highest BCUT2D eigenvalue weighted by molar-refractivity contribution is 5.91. The molecule has 3 heterocycles. The van der Waals surface area contributed by atoms with Crippen LogP contribution < -0.4 is 5.32 Å². The van der Waals surface area contributed by atoms with E-state index in [-0.39, 0.29) is 18.0 Å². The maximum atomic E-state index is 12.6. The molecular weight excluding hydrogens is 388 g/mol. The van der Waals surface area contributed by atoms with Gasteiger partial charge in [-0.25, -0.2) is 14.2 Å². The van der Waals surface area contributed by atoms with Gasteiger partial charge in [0, 0.05) is 29.6 Å². The number of anilines is 1. The fourth-order valence-corrected chi connectivity index (χ4v) is 3.11. The zero-order valence-corrected chi connectivity index (χ0v) is 16.5. The average Bonchev–Trinajstić information content (AvgIpc) is 3.24. The Labute approximate surface area is 170 Å². The van der Waals surface area contributed by atoms with Crippen LogP contribution in [-0.2, 0) is 11.2 Å². The summed E-state index contributed by atoms with van der Waals surface area (Å²) in [6.45, 7) is 5.56. The fourth-order valence-electron chi connectivity index (χ4n) is 3.11. The van der Waals surface area contributed by atoms with Crippen LogP contribution in [0.25, 0.3) is 11.5 Å². The molecule has 0 fully saturated rings. The molecule has 0 spiro atoms. The van der Waals surface area contributed by atoms with E-state index in [9.17, 15) is 14.9 Å². The van der Waals surface area contributed by atoms with Gasteiger partial charge in [0.1, 0.15) is 5.82 Å². The number of nitrogens with zero attached hydrogens (tertiary/aromatic N) is 7. The van der Waals surface area contributed by atoms with Gasteiger partial charge in [-0.05, 0) is 39.0 Å². The summed E-state index contributed by atoms with van der Waals surface area (Å²) in [5.74, 6) is 0.928. The van der Waals surface area contributed by atoms with Gasteiger partial charge in [-0.1, -0.05) is 0 Å². The van der Waals surface area contributed by atoms with E-state index in [1.807, 2.05) is 19.9 Å². The number of aromatic nitrogens is 6. The standard InChI is InChI=1S/C19H18N8O3/c1-11-8-13(3)25-19(20-11)21-16(24-25)10-18(28)22-17-9-12(2)23-26(17)14-4-6-15(7-5-14)27(29)30/h4-9H,10H2,1-3H3,(H,22,28). The topological polar surface area (TPSA) is 133 Å². The third-order valence-electron chi connectivity index (χ3n) is 4.38. The molecule has 3 aromatic heterocycles. The van der Waals surface area contributed by atoms with Crippen molar-refractivity contribution in [3.05, 3.63) is 69.4 Å². The Bertz CT molecular complexity index is 1270. The highest BCUT2D eigenvalue weighted by atomic mass is 16.6. The predicted molar refractivity (Wildman–Crippen MR) is 108 cm³/mol. The van der Waals surface area contributed by atoms with Crippen molar-refractivity contribution in [3.63, 3.8) is 0 Å². The predicted octanol–water partition coefficient (Wildman–Crippen LogP) is 2.32. The second-order valence-electron chi connectivity index (χ2n) is 6.86. The van der Waals surface area contributed by atoms with Crippen LogP contribution in [0.1, 0.15) is 22.9 Å². The lowest BCUT2D eigenvalue weighted by atomic mass is 10.3. The molecule has 4 aromatic rings. The van der Waals surface area contributed by atoms with Gasteiger partial charge in [0.05, 0.1) is 22.7 Å². The van der Waals surface area contributed by atoms with E-state index in [4.69, 9.17) is 0 Å². The number of aryl methyl sites for hydroxylation is 3. The summed E-state index contributed by atoms with van der Waals surface area (Å²) in [7, 11) is 0. The van der Waals surface area contributed by atoms with E-state index in [0.29, 0.717) is 28.8 Å². The SMILES string of the molecule is Cc1cc(C)n2nc(CC(=O)Nc3cc(C)nn3-c3ccc([N+](=O)[O-])cc3)nc2n1. The summed E-state index contributed by atoms with van der Waals surface area (Å²) in [5.41, 5.74) is 2.95. The van der Waals surface area contributed by atoms with Crippen LogP contribution in [0.2, 0.25) is 0 Å². The summed E-state index contributed by atoms with van der Waals surface area (Å²) < 4.78 is 3.12. The lowest BCUT2D eigenvalue weighted by Crippen LogP contribution is -2.18. The Morgan fingerprint density at radius 3 is 2.50 bits per heavy atom. The van der Waals surface area contributed by atoms with Gasteiger partial charge in [0.25, 0.3) is 11.5 Å². The first-order valence-corrected chi connectivity index (χ1v) is 9.11. The summed E-state index contributed by atoms with van der Waals surface area (Å²) in [5, 5.41) is 22.4. The Kier molecular flexibility index (Phi) is 4.70. The first kappa shape index (κ1) is 19.2. The third kappa shape index (κ3) is 3.72. The molecule has 152 valence electrons. The van der Waals surface area contributed by atoms with Crippen molar-refractivity contribution in [1.82, 2.24) is 29.4 Å². The molecule has 1 amide bonds. The number of carbonyl (C=O) groups is 1. The van der Waals surface area contributed by atoms with Gasteiger partial charge in [-0.3, -0.25) is 14.9 Å². The molecular formula is C19H18N8O3. The van der Waals surface area contributed by atoms with Crippen LogP contribution in [0.3, 0.4) is 0 Å². The smallest absolute Gasteiger partial charge is 0.269 e. The second-order valence-corrected chi connectivity index (χ2v) is 6.86. The van der Waals surface area contributed by atoms with Crippen LogP contribution >= 0.6 is 0 Å². The van der Waals surface area contributed by atoms with Gasteiger partial charge < -0.3 is 5.32 Å². The zero-order chi connectivity index (χ0) is 21.4. The van der Waals surface area contributed by atoms with E-state index in [2.05, 4.69) is 25.5 Å². The minimum atomic E-state index is -0.472. The summed E-state index contributed by atoms with van der Waals surface area (Å²) >= 11 is 0. The highest BCUT2D eigenvalue weighted by Gasteiger charge is 2.16. The monoisotopic (exact) mass is 406 g/mol. The van der Waals surface area contributed by atoms with Crippen LogP contribution in [-0.4, -0.2) is 40.2 Å². The maximum absolute atomic E-state index is 12.6. The summed E-state index contributed by atoms with van der Waals surface area (Å²) in [6, 6.07) is 9.51. The lowest BCUT2D eigenvalue weighted by molar-refractivity contribution is -0.384. The Morgan fingerprint density at radius 1 is 1.07 bits per heavy atom. The van der Waals surface area contributed by atoms with Crippen LogP contribution in [0.5, 0.6) is 0 Å². The quantitative estimate of drug-likeness (QED) is 0.397. The molecule has 0 atom stereocenters. The molecule has 11 nitrogen and oxygen atoms in total. The molecule has 0 aliphatic rings. The van der Waals surface area contributed by atoms with E-state index in [1.54, 1.807) is 29.6 Å². The average molecular weight is 406 g/mol. The molecule has 30 heavy (non-hydrogen) atoms. The number of nitro benzene ring substituents is 1. The van der Waals surface area contributed by atoms with E-state index in [0.717, 1.165) is 11.4 Å². The third-order valence-corrected chi connectivity index (χ3v) is 4.38. The van der Waals surface area contributed by atoms with E-state index < -0.39 is 4.92 Å². The number of nitrogens with one attached hydrogen (secondary N) is 1. The lowest BCUT2D eigenvalue weighted by Gasteiger charge is -2.08. The van der Waals surface area contributed by atoms with Crippen LogP contribution in [0.4, 0.5) is 11.5 Å². The van der Waals surface area contributed by atoms with Gasteiger partial charge in [-0.15, -0.1) is 5.10 Å². The largest absolute Gasteiger partial charge is 0.310 e. The normalized spacial score (nSPS) is 11.0. The van der Waals surface area contributed by atoms with Crippen molar-refractivity contribution in [2.45, 2.75) is 27.2 Å². The van der Waals surface area contributed by atoms with Crippen molar-refractivity contribution < 1.29 is 9.72 Å². The molecule has 11 heteroatoms. The molecule has 0 saturated heterocycles. The van der Waals surface area contributed by atoms with Crippen molar-refractivity contribution in [3.8, 4) is 5.69 Å². The number of amides is 1. The van der Waals surface area contributed by atoms with Crippen molar-refractivity contribution >= 4 is 23.2 Å². The number of rotatable bonds is 5.